The van der Waals surface area contributed by atoms with Gasteiger partial charge in [-0.25, -0.2) is 0 Å². The minimum absolute atomic E-state index is 0.101. The lowest BCUT2D eigenvalue weighted by Gasteiger charge is -2.37. The number of carbonyl (C=O) groups excluding carboxylic acids is 1. The molecule has 18 heavy (non-hydrogen) atoms. The number of carbonyl (C=O) groups is 1. The zero-order chi connectivity index (χ0) is 13.3. The highest BCUT2D eigenvalue weighted by molar-refractivity contribution is 5.83. The van der Waals surface area contributed by atoms with Gasteiger partial charge in [-0.15, -0.1) is 0 Å². The van der Waals surface area contributed by atoms with Gasteiger partial charge in [-0.1, -0.05) is 26.8 Å². The lowest BCUT2D eigenvalue weighted by molar-refractivity contribution is -0.128. The van der Waals surface area contributed by atoms with Crippen LogP contribution in [0.4, 0.5) is 0 Å². The van der Waals surface area contributed by atoms with Crippen LogP contribution in [-0.2, 0) is 10.2 Å². The predicted octanol–water partition coefficient (Wildman–Crippen LogP) is 3.67. The zero-order valence-corrected chi connectivity index (χ0v) is 11.9. The van der Waals surface area contributed by atoms with Crippen molar-refractivity contribution in [3.8, 4) is 0 Å². The van der Waals surface area contributed by atoms with Gasteiger partial charge in [0.2, 0.25) is 0 Å². The summed E-state index contributed by atoms with van der Waals surface area (Å²) in [6.07, 6.45) is 6.70. The average molecular weight is 245 g/mol. The summed E-state index contributed by atoms with van der Waals surface area (Å²) < 4.78 is 0. The standard InChI is InChI=1S/C16H23NO/c1-11-5-6-14(15(18)8-11)16(3,4)13-7-12(2)9-17-10-13/h7,9-11,14H,5-6,8H2,1-4H3. The monoisotopic (exact) mass is 245 g/mol. The molecule has 0 saturated heterocycles. The molecule has 0 N–H and O–H groups in total. The van der Waals surface area contributed by atoms with Crippen molar-refractivity contribution >= 4 is 5.78 Å². The van der Waals surface area contributed by atoms with E-state index >= 15 is 0 Å². The van der Waals surface area contributed by atoms with Gasteiger partial charge in [0.25, 0.3) is 0 Å². The van der Waals surface area contributed by atoms with E-state index in [0.717, 1.165) is 18.4 Å². The molecule has 2 unspecified atom stereocenters. The van der Waals surface area contributed by atoms with E-state index in [1.165, 1.54) is 12.0 Å². The van der Waals surface area contributed by atoms with Crippen molar-refractivity contribution in [1.29, 1.82) is 0 Å². The Morgan fingerprint density at radius 1 is 1.28 bits per heavy atom. The molecule has 1 heterocycles. The van der Waals surface area contributed by atoms with Crippen LogP contribution < -0.4 is 0 Å². The number of pyridine rings is 1. The summed E-state index contributed by atoms with van der Waals surface area (Å²) in [6, 6.07) is 2.16. The van der Waals surface area contributed by atoms with E-state index in [1.54, 1.807) is 0 Å². The molecule has 1 fully saturated rings. The average Bonchev–Trinajstić information content (AvgIpc) is 2.28. The lowest BCUT2D eigenvalue weighted by Crippen LogP contribution is -2.38. The smallest absolute Gasteiger partial charge is 0.137 e. The quantitative estimate of drug-likeness (QED) is 0.795. The summed E-state index contributed by atoms with van der Waals surface area (Å²) >= 11 is 0. The van der Waals surface area contributed by atoms with Gasteiger partial charge in [-0.05, 0) is 36.8 Å². The number of aromatic nitrogens is 1. The fourth-order valence-corrected chi connectivity index (χ4v) is 3.07. The third kappa shape index (κ3) is 2.47. The van der Waals surface area contributed by atoms with E-state index in [-0.39, 0.29) is 11.3 Å². The Hall–Kier alpha value is -1.18. The van der Waals surface area contributed by atoms with Crippen LogP contribution in [0.25, 0.3) is 0 Å². The van der Waals surface area contributed by atoms with Gasteiger partial charge in [-0.3, -0.25) is 9.78 Å². The van der Waals surface area contributed by atoms with Crippen LogP contribution in [0.3, 0.4) is 0 Å². The molecule has 0 bridgehead atoms. The van der Waals surface area contributed by atoms with Crippen molar-refractivity contribution in [1.82, 2.24) is 4.98 Å². The van der Waals surface area contributed by atoms with Gasteiger partial charge in [0, 0.05) is 30.1 Å². The maximum Gasteiger partial charge on any atom is 0.137 e. The van der Waals surface area contributed by atoms with Gasteiger partial charge >= 0.3 is 0 Å². The van der Waals surface area contributed by atoms with Crippen LogP contribution in [0, 0.1) is 18.8 Å². The molecule has 2 heteroatoms. The molecule has 1 saturated carbocycles. The fourth-order valence-electron chi connectivity index (χ4n) is 3.07. The minimum Gasteiger partial charge on any atom is -0.299 e. The molecule has 2 atom stereocenters. The Balaban J connectivity index is 2.28. The number of nitrogens with zero attached hydrogens (tertiary/aromatic N) is 1. The molecule has 0 radical (unpaired) electrons. The fraction of sp³-hybridized carbons (Fsp3) is 0.625. The first-order valence-corrected chi connectivity index (χ1v) is 6.86. The Morgan fingerprint density at radius 2 is 2.00 bits per heavy atom. The molecule has 0 aromatic carbocycles. The van der Waals surface area contributed by atoms with E-state index in [4.69, 9.17) is 0 Å². The summed E-state index contributed by atoms with van der Waals surface area (Å²) in [5.74, 6) is 1.14. The van der Waals surface area contributed by atoms with Gasteiger partial charge in [0.1, 0.15) is 5.78 Å². The molecule has 98 valence electrons. The summed E-state index contributed by atoms with van der Waals surface area (Å²) in [7, 11) is 0. The van der Waals surface area contributed by atoms with E-state index < -0.39 is 0 Å². The summed E-state index contributed by atoms with van der Waals surface area (Å²) in [5.41, 5.74) is 2.25. The highest BCUT2D eigenvalue weighted by Gasteiger charge is 2.39. The summed E-state index contributed by atoms with van der Waals surface area (Å²) in [4.78, 5) is 16.6. The van der Waals surface area contributed by atoms with E-state index in [2.05, 4.69) is 38.7 Å². The first kappa shape index (κ1) is 13.3. The number of hydrogen-bond acceptors (Lipinski definition) is 2. The summed E-state index contributed by atoms with van der Waals surface area (Å²) in [5, 5.41) is 0. The van der Waals surface area contributed by atoms with Gasteiger partial charge in [-0.2, -0.15) is 0 Å². The molecule has 1 aromatic heterocycles. The second-order valence-electron chi connectivity index (χ2n) is 6.38. The molecular weight excluding hydrogens is 222 g/mol. The van der Waals surface area contributed by atoms with Crippen molar-refractivity contribution in [3.05, 3.63) is 29.6 Å². The van der Waals surface area contributed by atoms with Crippen LogP contribution in [-0.4, -0.2) is 10.8 Å². The Labute approximate surface area is 110 Å². The van der Waals surface area contributed by atoms with E-state index in [9.17, 15) is 4.79 Å². The second-order valence-corrected chi connectivity index (χ2v) is 6.38. The normalized spacial score (nSPS) is 25.2. The Kier molecular flexibility index (Phi) is 3.56. The van der Waals surface area contributed by atoms with Gasteiger partial charge in [0.05, 0.1) is 0 Å². The maximum absolute atomic E-state index is 12.3. The van der Waals surface area contributed by atoms with Gasteiger partial charge < -0.3 is 0 Å². The number of hydrogen-bond donors (Lipinski definition) is 0. The predicted molar refractivity (Wildman–Crippen MR) is 73.5 cm³/mol. The van der Waals surface area contributed by atoms with Crippen LogP contribution in [0.2, 0.25) is 0 Å². The number of ketones is 1. The third-order valence-electron chi connectivity index (χ3n) is 4.38. The molecule has 2 nitrogen and oxygen atoms in total. The van der Waals surface area contributed by atoms with Crippen molar-refractivity contribution < 1.29 is 4.79 Å². The molecule has 2 rings (SSSR count). The molecule has 0 amide bonds. The molecule has 0 spiro atoms. The van der Waals surface area contributed by atoms with Crippen molar-refractivity contribution in [3.63, 3.8) is 0 Å². The molecule has 0 aliphatic heterocycles. The van der Waals surface area contributed by atoms with Gasteiger partial charge in [0.15, 0.2) is 0 Å². The van der Waals surface area contributed by atoms with Crippen LogP contribution in [0.15, 0.2) is 18.5 Å². The first-order chi connectivity index (χ1) is 8.41. The first-order valence-electron chi connectivity index (χ1n) is 6.86. The van der Waals surface area contributed by atoms with E-state index in [1.807, 2.05) is 12.4 Å². The molecule has 1 aliphatic carbocycles. The SMILES string of the molecule is Cc1cncc(C(C)(C)C2CCC(C)CC2=O)c1. The van der Waals surface area contributed by atoms with E-state index in [0.29, 0.717) is 11.7 Å². The number of rotatable bonds is 2. The second kappa shape index (κ2) is 4.83. The van der Waals surface area contributed by atoms with Crippen LogP contribution >= 0.6 is 0 Å². The number of Topliss-reactive ketones (excluding diaryl/α,β-unsaturated/α-hetero) is 1. The maximum atomic E-state index is 12.3. The highest BCUT2D eigenvalue weighted by Crippen LogP contribution is 2.40. The van der Waals surface area contributed by atoms with Crippen molar-refractivity contribution in [2.24, 2.45) is 11.8 Å². The molecular formula is C16H23NO. The molecule has 1 aromatic rings. The zero-order valence-electron chi connectivity index (χ0n) is 11.9. The van der Waals surface area contributed by atoms with Crippen molar-refractivity contribution in [2.45, 2.75) is 52.4 Å². The Bertz CT molecular complexity index is 450. The third-order valence-corrected chi connectivity index (χ3v) is 4.38. The van der Waals surface area contributed by atoms with Crippen LogP contribution in [0.1, 0.15) is 51.2 Å². The lowest BCUT2D eigenvalue weighted by atomic mass is 9.65. The van der Waals surface area contributed by atoms with Crippen molar-refractivity contribution in [2.75, 3.05) is 0 Å². The minimum atomic E-state index is -0.101. The Morgan fingerprint density at radius 3 is 2.61 bits per heavy atom. The largest absolute Gasteiger partial charge is 0.299 e. The number of aryl methyl sites for hydroxylation is 1. The van der Waals surface area contributed by atoms with Crippen LogP contribution in [0.5, 0.6) is 0 Å². The molecule has 1 aliphatic rings. The topological polar surface area (TPSA) is 30.0 Å². The highest BCUT2D eigenvalue weighted by atomic mass is 16.1. The summed E-state index contributed by atoms with van der Waals surface area (Å²) in [6.45, 7) is 8.59.